The summed E-state index contributed by atoms with van der Waals surface area (Å²) in [5.41, 5.74) is 2.48. The summed E-state index contributed by atoms with van der Waals surface area (Å²) in [6, 6.07) is 3.80. The van der Waals surface area contributed by atoms with Gasteiger partial charge in [-0.2, -0.15) is 0 Å². The van der Waals surface area contributed by atoms with E-state index >= 15 is 0 Å². The zero-order valence-electron chi connectivity index (χ0n) is 7.97. The summed E-state index contributed by atoms with van der Waals surface area (Å²) in [6.45, 7) is 1.43. The Labute approximate surface area is 91.4 Å². The number of carbonyl (C=O) groups excluding carboxylic acids is 1. The molecular weight excluding hydrogens is 244 g/mol. The van der Waals surface area contributed by atoms with Crippen LogP contribution in [0, 0.1) is 0 Å². The van der Waals surface area contributed by atoms with E-state index in [1.54, 1.807) is 0 Å². The number of benzene rings is 1. The van der Waals surface area contributed by atoms with E-state index in [1.165, 1.54) is 18.1 Å². The van der Waals surface area contributed by atoms with Crippen LogP contribution in [-0.4, -0.2) is 5.97 Å². The predicted octanol–water partition coefficient (Wildman–Crippen LogP) is 2.86. The summed E-state index contributed by atoms with van der Waals surface area (Å²) < 4.78 is 6.28. The Balaban J connectivity index is 2.43. The lowest BCUT2D eigenvalue weighted by atomic mass is 10.1. The maximum atomic E-state index is 10.9. The maximum absolute atomic E-state index is 10.9. The molecule has 14 heavy (non-hydrogen) atoms. The minimum absolute atomic E-state index is 0.249. The Kier molecular flexibility index (Phi) is 2.59. The molecule has 0 bridgehead atoms. The van der Waals surface area contributed by atoms with Crippen molar-refractivity contribution >= 4 is 21.9 Å². The fourth-order valence-electron chi connectivity index (χ4n) is 1.88. The van der Waals surface area contributed by atoms with Gasteiger partial charge < -0.3 is 4.74 Å². The Morgan fingerprint density at radius 2 is 2.07 bits per heavy atom. The number of esters is 1. The summed E-state index contributed by atoms with van der Waals surface area (Å²) in [7, 11) is 0. The average Bonchev–Trinajstić information content (AvgIpc) is 2.58. The van der Waals surface area contributed by atoms with Crippen LogP contribution >= 0.6 is 15.9 Å². The van der Waals surface area contributed by atoms with E-state index < -0.39 is 0 Å². The summed E-state index contributed by atoms with van der Waals surface area (Å²) in [4.78, 5) is 10.9. The van der Waals surface area contributed by atoms with Gasteiger partial charge in [0, 0.05) is 11.4 Å². The smallest absolute Gasteiger partial charge is 0.308 e. The minimum atomic E-state index is -0.249. The second-order valence-corrected chi connectivity index (χ2v) is 4.30. The number of rotatable bonds is 1. The molecule has 2 rings (SSSR count). The van der Waals surface area contributed by atoms with Gasteiger partial charge in [0.15, 0.2) is 0 Å². The SMILES string of the molecule is CC(=O)Oc1ccc(Br)c2c1CCC2. The van der Waals surface area contributed by atoms with Gasteiger partial charge in [-0.15, -0.1) is 0 Å². The van der Waals surface area contributed by atoms with Crippen molar-refractivity contribution in [3.05, 3.63) is 27.7 Å². The summed E-state index contributed by atoms with van der Waals surface area (Å²) >= 11 is 3.51. The first kappa shape index (κ1) is 9.71. The van der Waals surface area contributed by atoms with Crippen LogP contribution in [0.5, 0.6) is 5.75 Å². The highest BCUT2D eigenvalue weighted by atomic mass is 79.9. The number of halogens is 1. The van der Waals surface area contributed by atoms with Crippen molar-refractivity contribution < 1.29 is 9.53 Å². The number of hydrogen-bond donors (Lipinski definition) is 0. The van der Waals surface area contributed by atoms with Crippen molar-refractivity contribution in [1.29, 1.82) is 0 Å². The fraction of sp³-hybridized carbons (Fsp3) is 0.364. The van der Waals surface area contributed by atoms with Crippen LogP contribution in [0.2, 0.25) is 0 Å². The quantitative estimate of drug-likeness (QED) is 0.569. The van der Waals surface area contributed by atoms with Crippen molar-refractivity contribution in [1.82, 2.24) is 0 Å². The topological polar surface area (TPSA) is 26.3 Å². The van der Waals surface area contributed by atoms with E-state index in [0.717, 1.165) is 29.5 Å². The van der Waals surface area contributed by atoms with Crippen LogP contribution in [-0.2, 0) is 17.6 Å². The number of ether oxygens (including phenoxy) is 1. The molecule has 0 fully saturated rings. The van der Waals surface area contributed by atoms with Crippen LogP contribution in [0.3, 0.4) is 0 Å². The van der Waals surface area contributed by atoms with Crippen molar-refractivity contribution in [3.63, 3.8) is 0 Å². The van der Waals surface area contributed by atoms with Gasteiger partial charge in [-0.3, -0.25) is 4.79 Å². The van der Waals surface area contributed by atoms with Crippen LogP contribution in [0.1, 0.15) is 24.5 Å². The van der Waals surface area contributed by atoms with Crippen LogP contribution < -0.4 is 4.74 Å². The Morgan fingerprint density at radius 3 is 2.79 bits per heavy atom. The second kappa shape index (κ2) is 3.73. The van der Waals surface area contributed by atoms with Gasteiger partial charge in [-0.05, 0) is 42.5 Å². The van der Waals surface area contributed by atoms with E-state index in [-0.39, 0.29) is 5.97 Å². The number of fused-ring (bicyclic) bond motifs is 1. The molecule has 0 aromatic heterocycles. The van der Waals surface area contributed by atoms with E-state index in [0.29, 0.717) is 0 Å². The van der Waals surface area contributed by atoms with Crippen molar-refractivity contribution in [2.45, 2.75) is 26.2 Å². The van der Waals surface area contributed by atoms with Crippen molar-refractivity contribution in [2.75, 3.05) is 0 Å². The minimum Gasteiger partial charge on any atom is -0.426 e. The van der Waals surface area contributed by atoms with Gasteiger partial charge in [-0.25, -0.2) is 0 Å². The third-order valence-corrected chi connectivity index (χ3v) is 3.18. The first-order chi connectivity index (χ1) is 6.68. The van der Waals surface area contributed by atoms with Gasteiger partial charge in [0.05, 0.1) is 0 Å². The maximum Gasteiger partial charge on any atom is 0.308 e. The van der Waals surface area contributed by atoms with E-state index in [9.17, 15) is 4.79 Å². The highest BCUT2D eigenvalue weighted by Gasteiger charge is 2.19. The zero-order valence-corrected chi connectivity index (χ0v) is 9.56. The third-order valence-electron chi connectivity index (χ3n) is 2.44. The molecule has 0 aliphatic heterocycles. The van der Waals surface area contributed by atoms with Crippen molar-refractivity contribution in [3.8, 4) is 5.75 Å². The molecule has 0 N–H and O–H groups in total. The third kappa shape index (κ3) is 1.69. The number of hydrogen-bond acceptors (Lipinski definition) is 2. The van der Waals surface area contributed by atoms with E-state index in [4.69, 9.17) is 4.74 Å². The fourth-order valence-corrected chi connectivity index (χ4v) is 2.45. The molecular formula is C11H11BrO2. The van der Waals surface area contributed by atoms with Gasteiger partial charge >= 0.3 is 5.97 Å². The molecule has 1 aromatic carbocycles. The highest BCUT2D eigenvalue weighted by molar-refractivity contribution is 9.10. The molecule has 0 saturated heterocycles. The molecule has 1 aliphatic carbocycles. The first-order valence-corrected chi connectivity index (χ1v) is 5.46. The number of carbonyl (C=O) groups is 1. The van der Waals surface area contributed by atoms with Gasteiger partial charge in [0.25, 0.3) is 0 Å². The normalized spacial score (nSPS) is 13.9. The van der Waals surface area contributed by atoms with Gasteiger partial charge in [0.2, 0.25) is 0 Å². The largest absolute Gasteiger partial charge is 0.426 e. The molecule has 0 amide bonds. The molecule has 0 atom stereocenters. The second-order valence-electron chi connectivity index (χ2n) is 3.45. The lowest BCUT2D eigenvalue weighted by molar-refractivity contribution is -0.131. The molecule has 74 valence electrons. The lowest BCUT2D eigenvalue weighted by Crippen LogP contribution is -2.03. The van der Waals surface area contributed by atoms with Crippen LogP contribution in [0.4, 0.5) is 0 Å². The predicted molar refractivity (Wildman–Crippen MR) is 57.5 cm³/mol. The molecule has 0 heterocycles. The van der Waals surface area contributed by atoms with Crippen LogP contribution in [0.15, 0.2) is 16.6 Å². The molecule has 0 saturated carbocycles. The molecule has 1 aromatic rings. The molecule has 0 radical (unpaired) electrons. The summed E-state index contributed by atoms with van der Waals surface area (Å²) in [6.07, 6.45) is 3.23. The molecule has 0 spiro atoms. The Morgan fingerprint density at radius 1 is 1.36 bits per heavy atom. The van der Waals surface area contributed by atoms with Gasteiger partial charge in [0.1, 0.15) is 5.75 Å². The monoisotopic (exact) mass is 254 g/mol. The van der Waals surface area contributed by atoms with Crippen LogP contribution in [0.25, 0.3) is 0 Å². The first-order valence-electron chi connectivity index (χ1n) is 4.67. The van der Waals surface area contributed by atoms with Crippen molar-refractivity contribution in [2.24, 2.45) is 0 Å². The highest BCUT2D eigenvalue weighted by Crippen LogP contribution is 2.35. The molecule has 3 heteroatoms. The lowest BCUT2D eigenvalue weighted by Gasteiger charge is -2.08. The zero-order chi connectivity index (χ0) is 10.1. The van der Waals surface area contributed by atoms with Gasteiger partial charge in [-0.1, -0.05) is 15.9 Å². The molecule has 0 unspecified atom stereocenters. The Hall–Kier alpha value is -0.830. The average molecular weight is 255 g/mol. The van der Waals surface area contributed by atoms with E-state index in [1.807, 2.05) is 12.1 Å². The molecule has 2 nitrogen and oxygen atoms in total. The summed E-state index contributed by atoms with van der Waals surface area (Å²) in [5, 5.41) is 0. The summed E-state index contributed by atoms with van der Waals surface area (Å²) in [5.74, 6) is 0.481. The standard InChI is InChI=1S/C11H11BrO2/c1-7(13)14-11-6-5-10(12)8-3-2-4-9(8)11/h5-6H,2-4H2,1H3. The molecule has 1 aliphatic rings. The Bertz CT molecular complexity index is 385. The van der Waals surface area contributed by atoms with E-state index in [2.05, 4.69) is 15.9 Å².